The van der Waals surface area contributed by atoms with Crippen LogP contribution >= 0.6 is 0 Å². The summed E-state index contributed by atoms with van der Waals surface area (Å²) >= 11 is 0. The van der Waals surface area contributed by atoms with Gasteiger partial charge in [0.25, 0.3) is 5.91 Å². The zero-order valence-electron chi connectivity index (χ0n) is 20.1. The maximum Gasteiger partial charge on any atom is 0.255 e. The second-order valence-corrected chi connectivity index (χ2v) is 9.94. The van der Waals surface area contributed by atoms with E-state index in [4.69, 9.17) is 0 Å². The Morgan fingerprint density at radius 3 is 2.15 bits per heavy atom. The Hall–Kier alpha value is -3.18. The molecule has 4 rings (SSSR count). The number of hydrogen-bond acceptors (Lipinski definition) is 4. The standard InChI is InChI=1S/C28H34N4O/c1-21-5-7-22(8-6-21)20-31-15-17-32(18-16-31)26-14-13-25(19-29-26)30-27(33)23-9-11-24(12-10-23)28(2,3)4/h5-14,19H,15-18,20H2,1-4H3,(H,30,33). The molecule has 1 saturated heterocycles. The highest BCUT2D eigenvalue weighted by atomic mass is 16.1. The number of hydrogen-bond donors (Lipinski definition) is 1. The van der Waals surface area contributed by atoms with Crippen molar-refractivity contribution in [3.8, 4) is 0 Å². The molecule has 1 aliphatic heterocycles. The van der Waals surface area contributed by atoms with E-state index in [1.165, 1.54) is 16.7 Å². The molecular weight excluding hydrogens is 408 g/mol. The molecular formula is C28H34N4O. The summed E-state index contributed by atoms with van der Waals surface area (Å²) in [7, 11) is 0. The van der Waals surface area contributed by atoms with Gasteiger partial charge in [-0.25, -0.2) is 4.98 Å². The highest BCUT2D eigenvalue weighted by Crippen LogP contribution is 2.23. The van der Waals surface area contributed by atoms with Crippen molar-refractivity contribution in [1.82, 2.24) is 9.88 Å². The van der Waals surface area contributed by atoms with Gasteiger partial charge in [0.15, 0.2) is 0 Å². The Kier molecular flexibility index (Phi) is 6.80. The minimum absolute atomic E-state index is 0.0703. The predicted molar refractivity (Wildman–Crippen MR) is 136 cm³/mol. The molecule has 0 bridgehead atoms. The number of anilines is 2. The van der Waals surface area contributed by atoms with E-state index in [1.54, 1.807) is 6.20 Å². The molecule has 0 unspecified atom stereocenters. The maximum absolute atomic E-state index is 12.6. The summed E-state index contributed by atoms with van der Waals surface area (Å²) in [6.07, 6.45) is 1.75. The first-order valence-corrected chi connectivity index (χ1v) is 11.7. The van der Waals surface area contributed by atoms with Crippen LogP contribution in [0.25, 0.3) is 0 Å². The molecule has 1 fully saturated rings. The van der Waals surface area contributed by atoms with Crippen molar-refractivity contribution in [1.29, 1.82) is 0 Å². The van der Waals surface area contributed by atoms with E-state index in [9.17, 15) is 4.79 Å². The van der Waals surface area contributed by atoms with E-state index in [0.717, 1.165) is 38.5 Å². The van der Waals surface area contributed by atoms with Crippen LogP contribution in [-0.2, 0) is 12.0 Å². The molecule has 33 heavy (non-hydrogen) atoms. The average molecular weight is 443 g/mol. The van der Waals surface area contributed by atoms with E-state index in [0.29, 0.717) is 11.3 Å². The van der Waals surface area contributed by atoms with Gasteiger partial charge in [0.2, 0.25) is 0 Å². The Balaban J connectivity index is 1.29. The molecule has 0 aliphatic carbocycles. The van der Waals surface area contributed by atoms with Gasteiger partial charge in [-0.2, -0.15) is 0 Å². The summed E-state index contributed by atoms with van der Waals surface area (Å²) in [6.45, 7) is 13.5. The molecule has 1 N–H and O–H groups in total. The smallest absolute Gasteiger partial charge is 0.255 e. The summed E-state index contributed by atoms with van der Waals surface area (Å²) < 4.78 is 0. The van der Waals surface area contributed by atoms with Crippen LogP contribution in [0.15, 0.2) is 66.9 Å². The van der Waals surface area contributed by atoms with E-state index >= 15 is 0 Å². The molecule has 0 radical (unpaired) electrons. The zero-order chi connectivity index (χ0) is 23.4. The molecule has 172 valence electrons. The molecule has 0 atom stereocenters. The first-order valence-electron chi connectivity index (χ1n) is 11.7. The second kappa shape index (κ2) is 9.75. The van der Waals surface area contributed by atoms with Gasteiger partial charge in [-0.1, -0.05) is 62.7 Å². The Bertz CT molecular complexity index is 1060. The number of piperazine rings is 1. The van der Waals surface area contributed by atoms with Crippen molar-refractivity contribution >= 4 is 17.4 Å². The van der Waals surface area contributed by atoms with Crippen LogP contribution in [0, 0.1) is 6.92 Å². The van der Waals surface area contributed by atoms with Crippen molar-refractivity contribution in [3.05, 3.63) is 89.1 Å². The number of nitrogens with zero attached hydrogens (tertiary/aromatic N) is 3. The monoisotopic (exact) mass is 442 g/mol. The minimum Gasteiger partial charge on any atom is -0.354 e. The van der Waals surface area contributed by atoms with Crippen LogP contribution in [0.3, 0.4) is 0 Å². The van der Waals surface area contributed by atoms with Gasteiger partial charge in [0, 0.05) is 38.3 Å². The lowest BCUT2D eigenvalue weighted by Gasteiger charge is -2.35. The van der Waals surface area contributed by atoms with Gasteiger partial charge >= 0.3 is 0 Å². The lowest BCUT2D eigenvalue weighted by Crippen LogP contribution is -2.46. The molecule has 1 aliphatic rings. The Morgan fingerprint density at radius 1 is 0.909 bits per heavy atom. The van der Waals surface area contributed by atoms with E-state index in [2.05, 4.69) is 72.1 Å². The van der Waals surface area contributed by atoms with Gasteiger partial charge < -0.3 is 10.2 Å². The number of nitrogens with one attached hydrogen (secondary N) is 1. The van der Waals surface area contributed by atoms with E-state index < -0.39 is 0 Å². The van der Waals surface area contributed by atoms with Crippen LogP contribution in [0.4, 0.5) is 11.5 Å². The van der Waals surface area contributed by atoms with Crippen LogP contribution in [-0.4, -0.2) is 42.0 Å². The minimum atomic E-state index is -0.116. The topological polar surface area (TPSA) is 48.5 Å². The van der Waals surface area contributed by atoms with Crippen molar-refractivity contribution < 1.29 is 4.79 Å². The number of aromatic nitrogens is 1. The van der Waals surface area contributed by atoms with Gasteiger partial charge in [0.1, 0.15) is 5.82 Å². The predicted octanol–water partition coefficient (Wildman–Crippen LogP) is 5.26. The molecule has 2 heterocycles. The molecule has 2 aromatic carbocycles. The Morgan fingerprint density at radius 2 is 1.58 bits per heavy atom. The number of amides is 1. The van der Waals surface area contributed by atoms with E-state index in [1.807, 2.05) is 36.4 Å². The highest BCUT2D eigenvalue weighted by Gasteiger charge is 2.18. The highest BCUT2D eigenvalue weighted by molar-refractivity contribution is 6.04. The fraction of sp³-hybridized carbons (Fsp3) is 0.357. The summed E-state index contributed by atoms with van der Waals surface area (Å²) in [6, 6.07) is 20.5. The molecule has 5 nitrogen and oxygen atoms in total. The Labute approximate surface area is 197 Å². The SMILES string of the molecule is Cc1ccc(CN2CCN(c3ccc(NC(=O)c4ccc(C(C)(C)C)cc4)cn3)CC2)cc1. The first kappa shape index (κ1) is 23.0. The van der Waals surface area contributed by atoms with E-state index in [-0.39, 0.29) is 11.3 Å². The molecule has 3 aromatic rings. The third-order valence-corrected chi connectivity index (χ3v) is 6.24. The molecule has 0 spiro atoms. The van der Waals surface area contributed by atoms with Crippen molar-refractivity contribution in [2.45, 2.75) is 39.7 Å². The van der Waals surface area contributed by atoms with Gasteiger partial charge in [-0.3, -0.25) is 9.69 Å². The van der Waals surface area contributed by atoms with Crippen molar-refractivity contribution in [3.63, 3.8) is 0 Å². The second-order valence-electron chi connectivity index (χ2n) is 9.94. The number of benzene rings is 2. The van der Waals surface area contributed by atoms with Crippen molar-refractivity contribution in [2.75, 3.05) is 36.4 Å². The zero-order valence-corrected chi connectivity index (χ0v) is 20.1. The van der Waals surface area contributed by atoms with Crippen LogP contribution in [0.2, 0.25) is 0 Å². The number of carbonyl (C=O) groups excluding carboxylic acids is 1. The quantitative estimate of drug-likeness (QED) is 0.585. The summed E-state index contributed by atoms with van der Waals surface area (Å²) in [4.78, 5) is 22.0. The first-order chi connectivity index (χ1) is 15.8. The lowest BCUT2D eigenvalue weighted by atomic mass is 9.87. The summed E-state index contributed by atoms with van der Waals surface area (Å²) in [5.41, 5.74) is 5.30. The van der Waals surface area contributed by atoms with Gasteiger partial charge in [0.05, 0.1) is 11.9 Å². The summed E-state index contributed by atoms with van der Waals surface area (Å²) in [5, 5.41) is 2.96. The molecule has 5 heteroatoms. The molecule has 1 aromatic heterocycles. The van der Waals surface area contributed by atoms with Crippen LogP contribution in [0.5, 0.6) is 0 Å². The third-order valence-electron chi connectivity index (χ3n) is 6.24. The average Bonchev–Trinajstić information content (AvgIpc) is 2.81. The van der Waals surface area contributed by atoms with Gasteiger partial charge in [-0.15, -0.1) is 0 Å². The van der Waals surface area contributed by atoms with Gasteiger partial charge in [-0.05, 0) is 47.7 Å². The molecule has 0 saturated carbocycles. The van der Waals surface area contributed by atoms with Crippen LogP contribution < -0.4 is 10.2 Å². The third kappa shape index (κ3) is 5.99. The normalized spacial score (nSPS) is 14.8. The number of carbonyl (C=O) groups is 1. The summed E-state index contributed by atoms with van der Waals surface area (Å²) in [5.74, 6) is 0.840. The number of pyridine rings is 1. The fourth-order valence-electron chi connectivity index (χ4n) is 4.06. The van der Waals surface area contributed by atoms with Crippen LogP contribution in [0.1, 0.15) is 47.8 Å². The maximum atomic E-state index is 12.6. The molecule has 1 amide bonds. The number of rotatable bonds is 5. The number of aryl methyl sites for hydroxylation is 1. The lowest BCUT2D eigenvalue weighted by molar-refractivity contribution is 0.102. The van der Waals surface area contributed by atoms with Crippen molar-refractivity contribution in [2.24, 2.45) is 0 Å². The largest absolute Gasteiger partial charge is 0.354 e. The fourth-order valence-corrected chi connectivity index (χ4v) is 4.06.